The van der Waals surface area contributed by atoms with Crippen molar-refractivity contribution in [1.82, 2.24) is 18.7 Å². The lowest BCUT2D eigenvalue weighted by Crippen LogP contribution is -2.38. The third-order valence-electron chi connectivity index (χ3n) is 5.02. The van der Waals surface area contributed by atoms with Gasteiger partial charge in [-0.2, -0.15) is 4.98 Å². The number of nitrogens with zero attached hydrogens (tertiary/aromatic N) is 5. The highest BCUT2D eigenvalue weighted by Crippen LogP contribution is 2.33. The molecule has 1 unspecified atom stereocenters. The normalized spacial score (nSPS) is 16.6. The molecule has 0 saturated carbocycles. The van der Waals surface area contributed by atoms with E-state index in [1.54, 1.807) is 7.05 Å². The van der Waals surface area contributed by atoms with Gasteiger partial charge in [0.25, 0.3) is 5.56 Å². The lowest BCUT2D eigenvalue weighted by molar-refractivity contribution is 0.340. The largest absolute Gasteiger partial charge is 0.494 e. The first-order valence-electron chi connectivity index (χ1n) is 9.09. The summed E-state index contributed by atoms with van der Waals surface area (Å²) in [6, 6.07) is 7.84. The Bertz CT molecular complexity index is 1120. The molecule has 27 heavy (non-hydrogen) atoms. The molecule has 0 amide bonds. The first-order chi connectivity index (χ1) is 12.9. The SMILES string of the molecule is CCOc1ccc(N2CC(C)Cn3c2nc2c3c(=O)n(C)c(=O)n2C)cc1. The van der Waals surface area contributed by atoms with Crippen LogP contribution >= 0.6 is 0 Å². The van der Waals surface area contributed by atoms with Crippen LogP contribution in [0.15, 0.2) is 33.9 Å². The van der Waals surface area contributed by atoms with E-state index >= 15 is 0 Å². The van der Waals surface area contributed by atoms with Gasteiger partial charge in [-0.3, -0.25) is 13.9 Å². The van der Waals surface area contributed by atoms with Gasteiger partial charge in [-0.1, -0.05) is 6.92 Å². The summed E-state index contributed by atoms with van der Waals surface area (Å²) in [5.74, 6) is 1.82. The number of imidazole rings is 1. The van der Waals surface area contributed by atoms with Crippen LogP contribution in [0.1, 0.15) is 13.8 Å². The van der Waals surface area contributed by atoms with E-state index in [9.17, 15) is 9.59 Å². The van der Waals surface area contributed by atoms with Gasteiger partial charge in [0.2, 0.25) is 5.95 Å². The van der Waals surface area contributed by atoms with Crippen molar-refractivity contribution in [1.29, 1.82) is 0 Å². The van der Waals surface area contributed by atoms with E-state index < -0.39 is 0 Å². The molecule has 0 saturated heterocycles. The number of aryl methyl sites for hydroxylation is 1. The molecule has 0 bridgehead atoms. The fourth-order valence-electron chi connectivity index (χ4n) is 3.69. The van der Waals surface area contributed by atoms with E-state index in [0.29, 0.717) is 36.2 Å². The number of anilines is 2. The van der Waals surface area contributed by atoms with E-state index in [1.165, 1.54) is 11.6 Å². The number of hydrogen-bond acceptors (Lipinski definition) is 5. The zero-order chi connectivity index (χ0) is 19.3. The molecule has 0 radical (unpaired) electrons. The van der Waals surface area contributed by atoms with Gasteiger partial charge in [0.15, 0.2) is 11.2 Å². The lowest BCUT2D eigenvalue weighted by atomic mass is 10.1. The van der Waals surface area contributed by atoms with Crippen LogP contribution in [0.3, 0.4) is 0 Å². The van der Waals surface area contributed by atoms with E-state index in [1.807, 2.05) is 35.8 Å². The van der Waals surface area contributed by atoms with Crippen molar-refractivity contribution in [3.05, 3.63) is 45.1 Å². The minimum atomic E-state index is -0.372. The van der Waals surface area contributed by atoms with E-state index in [4.69, 9.17) is 4.74 Å². The standard InChI is InChI=1S/C19H23N5O3/c1-5-27-14-8-6-13(7-9-14)23-10-12(2)11-24-15-16(20-18(23)24)21(3)19(26)22(4)17(15)25/h6-9,12H,5,10-11H2,1-4H3. The average Bonchev–Trinajstić information content (AvgIpc) is 3.04. The predicted octanol–water partition coefficient (Wildman–Crippen LogP) is 1.62. The third-order valence-corrected chi connectivity index (χ3v) is 5.02. The van der Waals surface area contributed by atoms with Crippen LogP contribution < -0.4 is 20.9 Å². The Morgan fingerprint density at radius 1 is 1.11 bits per heavy atom. The molecule has 0 fully saturated rings. The van der Waals surface area contributed by atoms with Gasteiger partial charge in [-0.25, -0.2) is 4.79 Å². The second-order valence-electron chi connectivity index (χ2n) is 7.04. The molecule has 0 spiro atoms. The smallest absolute Gasteiger partial charge is 0.332 e. The summed E-state index contributed by atoms with van der Waals surface area (Å²) in [6.45, 7) is 6.18. The van der Waals surface area contributed by atoms with Crippen molar-refractivity contribution in [2.75, 3.05) is 18.1 Å². The zero-order valence-corrected chi connectivity index (χ0v) is 16.0. The maximum atomic E-state index is 12.8. The first-order valence-corrected chi connectivity index (χ1v) is 9.09. The Hall–Kier alpha value is -3.03. The summed E-state index contributed by atoms with van der Waals surface area (Å²) in [4.78, 5) is 31.8. The highest BCUT2D eigenvalue weighted by molar-refractivity contribution is 5.77. The molecule has 3 aromatic rings. The minimum Gasteiger partial charge on any atom is -0.494 e. The quantitative estimate of drug-likeness (QED) is 0.701. The first kappa shape index (κ1) is 17.4. The Labute approximate surface area is 156 Å². The van der Waals surface area contributed by atoms with Crippen LogP contribution in [-0.2, 0) is 20.6 Å². The molecule has 3 heterocycles. The summed E-state index contributed by atoms with van der Waals surface area (Å²) in [7, 11) is 3.15. The molecule has 8 heteroatoms. The molecule has 2 aromatic heterocycles. The van der Waals surface area contributed by atoms with Crippen LogP contribution in [-0.4, -0.2) is 31.8 Å². The number of ether oxygens (including phenoxy) is 1. The summed E-state index contributed by atoms with van der Waals surface area (Å²) < 4.78 is 10.0. The van der Waals surface area contributed by atoms with Gasteiger partial charge in [0, 0.05) is 32.9 Å². The molecule has 1 atom stereocenters. The molecule has 1 aliphatic rings. The van der Waals surface area contributed by atoms with E-state index in [2.05, 4.69) is 16.8 Å². The molecular formula is C19H23N5O3. The second kappa shape index (κ2) is 6.29. The van der Waals surface area contributed by atoms with Gasteiger partial charge in [-0.15, -0.1) is 0 Å². The Morgan fingerprint density at radius 2 is 1.81 bits per heavy atom. The molecule has 4 rings (SSSR count). The predicted molar refractivity (Wildman–Crippen MR) is 104 cm³/mol. The molecular weight excluding hydrogens is 346 g/mol. The van der Waals surface area contributed by atoms with Gasteiger partial charge in [-0.05, 0) is 37.1 Å². The molecule has 1 aliphatic heterocycles. The highest BCUT2D eigenvalue weighted by Gasteiger charge is 2.29. The summed E-state index contributed by atoms with van der Waals surface area (Å²) in [5.41, 5.74) is 1.18. The van der Waals surface area contributed by atoms with E-state index in [-0.39, 0.29) is 11.2 Å². The van der Waals surface area contributed by atoms with Crippen LogP contribution in [0.25, 0.3) is 11.2 Å². The van der Waals surface area contributed by atoms with E-state index in [0.717, 1.165) is 22.5 Å². The highest BCUT2D eigenvalue weighted by atomic mass is 16.5. The van der Waals surface area contributed by atoms with Gasteiger partial charge >= 0.3 is 5.69 Å². The number of hydrogen-bond donors (Lipinski definition) is 0. The fourth-order valence-corrected chi connectivity index (χ4v) is 3.69. The van der Waals surface area contributed by atoms with Crippen molar-refractivity contribution in [3.8, 4) is 5.75 Å². The van der Waals surface area contributed by atoms with Gasteiger partial charge in [0.05, 0.1) is 6.61 Å². The summed E-state index contributed by atoms with van der Waals surface area (Å²) >= 11 is 0. The number of aromatic nitrogens is 4. The summed E-state index contributed by atoms with van der Waals surface area (Å²) in [6.07, 6.45) is 0. The van der Waals surface area contributed by atoms with Crippen molar-refractivity contribution in [2.45, 2.75) is 20.4 Å². The van der Waals surface area contributed by atoms with Crippen LogP contribution in [0.2, 0.25) is 0 Å². The lowest BCUT2D eigenvalue weighted by Gasteiger charge is -2.33. The topological polar surface area (TPSA) is 74.3 Å². The zero-order valence-electron chi connectivity index (χ0n) is 16.0. The summed E-state index contributed by atoms with van der Waals surface area (Å²) in [5, 5.41) is 0. The van der Waals surface area contributed by atoms with Crippen LogP contribution in [0, 0.1) is 5.92 Å². The van der Waals surface area contributed by atoms with Crippen molar-refractivity contribution >= 4 is 22.8 Å². The van der Waals surface area contributed by atoms with Crippen LogP contribution in [0.5, 0.6) is 5.75 Å². The van der Waals surface area contributed by atoms with Crippen LogP contribution in [0.4, 0.5) is 11.6 Å². The molecule has 8 nitrogen and oxygen atoms in total. The van der Waals surface area contributed by atoms with Crippen molar-refractivity contribution < 1.29 is 4.74 Å². The second-order valence-corrected chi connectivity index (χ2v) is 7.04. The van der Waals surface area contributed by atoms with Crippen molar-refractivity contribution in [3.63, 3.8) is 0 Å². The Morgan fingerprint density at radius 3 is 2.48 bits per heavy atom. The number of benzene rings is 1. The van der Waals surface area contributed by atoms with Gasteiger partial charge < -0.3 is 14.2 Å². The maximum absolute atomic E-state index is 12.8. The van der Waals surface area contributed by atoms with Gasteiger partial charge in [0.1, 0.15) is 5.75 Å². The monoisotopic (exact) mass is 369 g/mol. The third kappa shape index (κ3) is 2.63. The fraction of sp³-hybridized carbons (Fsp3) is 0.421. The minimum absolute atomic E-state index is 0.312. The number of fused-ring (bicyclic) bond motifs is 3. The molecule has 1 aromatic carbocycles. The maximum Gasteiger partial charge on any atom is 0.332 e. The number of rotatable bonds is 3. The van der Waals surface area contributed by atoms with Crippen molar-refractivity contribution in [2.24, 2.45) is 20.0 Å². The average molecular weight is 369 g/mol. The Balaban J connectivity index is 1.92. The molecule has 142 valence electrons. The Kier molecular flexibility index (Phi) is 4.05. The molecule has 0 aliphatic carbocycles. The molecule has 0 N–H and O–H groups in total.